The monoisotopic (exact) mass is 458 g/mol. The minimum atomic E-state index is -0.706. The topological polar surface area (TPSA) is 82.7 Å². The van der Waals surface area contributed by atoms with Crippen molar-refractivity contribution in [2.75, 3.05) is 38.1 Å². The van der Waals surface area contributed by atoms with Crippen molar-refractivity contribution in [1.29, 1.82) is 0 Å². The largest absolute Gasteiger partial charge is 0.489 e. The number of likely N-dealkylation sites (N-methyl/N-ethyl adjacent to an activating group) is 1. The Hall–Kier alpha value is -2.77. The normalized spacial score (nSPS) is 14.7. The van der Waals surface area contributed by atoms with Gasteiger partial charge in [-0.3, -0.25) is 9.59 Å². The van der Waals surface area contributed by atoms with Crippen LogP contribution in [0.3, 0.4) is 0 Å². The van der Waals surface area contributed by atoms with Crippen molar-refractivity contribution in [3.05, 3.63) is 58.6 Å². The van der Waals surface area contributed by atoms with E-state index in [-0.39, 0.29) is 17.9 Å². The number of ether oxygens (including phenoxy) is 1. The Bertz CT molecular complexity index is 927. The van der Waals surface area contributed by atoms with Crippen LogP contribution in [0, 0.1) is 0 Å². The van der Waals surface area contributed by atoms with Crippen LogP contribution in [0.2, 0.25) is 5.02 Å². The van der Waals surface area contributed by atoms with Gasteiger partial charge >= 0.3 is 0 Å². The molecule has 1 atom stereocenters. The smallest absolute Gasteiger partial charge is 0.251 e. The predicted molar refractivity (Wildman–Crippen MR) is 128 cm³/mol. The van der Waals surface area contributed by atoms with Gasteiger partial charge in [-0.15, -0.1) is 0 Å². The number of amides is 2. The van der Waals surface area contributed by atoms with Crippen molar-refractivity contribution < 1.29 is 14.3 Å². The Balaban J connectivity index is 1.68. The lowest BCUT2D eigenvalue weighted by molar-refractivity contribution is -0.122. The second-order valence-electron chi connectivity index (χ2n) is 8.06. The molecule has 2 aromatic rings. The highest BCUT2D eigenvalue weighted by atomic mass is 35.5. The van der Waals surface area contributed by atoms with E-state index in [9.17, 15) is 9.59 Å². The van der Waals surface area contributed by atoms with Gasteiger partial charge in [0.05, 0.1) is 11.1 Å². The van der Waals surface area contributed by atoms with E-state index < -0.39 is 6.04 Å². The lowest BCUT2D eigenvalue weighted by Gasteiger charge is -2.29. The van der Waals surface area contributed by atoms with Crippen LogP contribution in [-0.4, -0.2) is 57.2 Å². The molecule has 1 saturated heterocycles. The van der Waals surface area contributed by atoms with Crippen LogP contribution in [0.15, 0.2) is 42.5 Å². The molecule has 0 spiro atoms. The molecule has 0 saturated carbocycles. The number of nitrogens with one attached hydrogen (secondary N) is 3. The molecule has 172 valence electrons. The molecule has 3 rings (SSSR count). The molecule has 0 bridgehead atoms. The Morgan fingerprint density at radius 2 is 1.81 bits per heavy atom. The van der Waals surface area contributed by atoms with E-state index >= 15 is 0 Å². The Morgan fingerprint density at radius 1 is 1.12 bits per heavy atom. The fraction of sp³-hybridized carbons (Fsp3) is 0.417. The zero-order chi connectivity index (χ0) is 23.1. The lowest BCUT2D eigenvalue weighted by atomic mass is 10.0. The summed E-state index contributed by atoms with van der Waals surface area (Å²) in [5, 5.41) is 9.16. The number of carbonyl (C=O) groups excluding carboxylic acids is 2. The van der Waals surface area contributed by atoms with E-state index in [4.69, 9.17) is 16.3 Å². The van der Waals surface area contributed by atoms with E-state index in [0.29, 0.717) is 22.8 Å². The first-order valence-corrected chi connectivity index (χ1v) is 11.3. The number of hydrogen-bond acceptors (Lipinski definition) is 5. The van der Waals surface area contributed by atoms with E-state index in [1.165, 1.54) is 0 Å². The summed E-state index contributed by atoms with van der Waals surface area (Å²) in [7, 11) is 1.56. The summed E-state index contributed by atoms with van der Waals surface area (Å²) in [6.45, 7) is 7.70. The second kappa shape index (κ2) is 11.2. The minimum Gasteiger partial charge on any atom is -0.489 e. The summed E-state index contributed by atoms with van der Waals surface area (Å²) >= 11 is 6.26. The Labute approximate surface area is 194 Å². The van der Waals surface area contributed by atoms with Crippen molar-refractivity contribution in [2.24, 2.45) is 0 Å². The van der Waals surface area contributed by atoms with Crippen LogP contribution in [0.5, 0.6) is 5.75 Å². The molecule has 7 nitrogen and oxygen atoms in total. The molecule has 3 N–H and O–H groups in total. The van der Waals surface area contributed by atoms with E-state index in [1.807, 2.05) is 26.0 Å². The Morgan fingerprint density at radius 3 is 2.41 bits per heavy atom. The van der Waals surface area contributed by atoms with Gasteiger partial charge in [0.1, 0.15) is 11.8 Å². The maximum atomic E-state index is 12.8. The molecular formula is C24H31ClN4O3. The minimum absolute atomic E-state index is 0.0252. The van der Waals surface area contributed by atoms with Gasteiger partial charge in [0, 0.05) is 50.9 Å². The summed E-state index contributed by atoms with van der Waals surface area (Å²) in [4.78, 5) is 27.6. The quantitative estimate of drug-likeness (QED) is 0.566. The van der Waals surface area contributed by atoms with Gasteiger partial charge in [0.15, 0.2) is 0 Å². The maximum Gasteiger partial charge on any atom is 0.251 e. The number of rotatable bonds is 8. The molecule has 1 fully saturated rings. The molecule has 1 heterocycles. The Kier molecular flexibility index (Phi) is 8.36. The first kappa shape index (κ1) is 23.9. The van der Waals surface area contributed by atoms with Crippen LogP contribution in [0.4, 0.5) is 5.69 Å². The first-order chi connectivity index (χ1) is 15.4. The summed E-state index contributed by atoms with van der Waals surface area (Å²) in [5.41, 5.74) is 2.50. The summed E-state index contributed by atoms with van der Waals surface area (Å²) in [6.07, 6.45) is 0.359. The third-order valence-electron chi connectivity index (χ3n) is 5.28. The van der Waals surface area contributed by atoms with Crippen molar-refractivity contribution in [3.63, 3.8) is 0 Å². The third kappa shape index (κ3) is 6.37. The van der Waals surface area contributed by atoms with Gasteiger partial charge in [-0.1, -0.05) is 23.7 Å². The highest BCUT2D eigenvalue weighted by molar-refractivity contribution is 6.32. The van der Waals surface area contributed by atoms with Crippen LogP contribution in [-0.2, 0) is 11.2 Å². The van der Waals surface area contributed by atoms with Crippen LogP contribution in [0.25, 0.3) is 0 Å². The van der Waals surface area contributed by atoms with Crippen molar-refractivity contribution >= 4 is 29.1 Å². The molecule has 0 aliphatic carbocycles. The van der Waals surface area contributed by atoms with E-state index in [2.05, 4.69) is 33.0 Å². The van der Waals surface area contributed by atoms with Crippen LogP contribution in [0.1, 0.15) is 29.8 Å². The fourth-order valence-electron chi connectivity index (χ4n) is 3.62. The molecule has 0 radical (unpaired) electrons. The van der Waals surface area contributed by atoms with Gasteiger partial charge in [0.25, 0.3) is 5.91 Å². The van der Waals surface area contributed by atoms with E-state index in [1.54, 1.807) is 25.2 Å². The highest BCUT2D eigenvalue weighted by Gasteiger charge is 2.22. The molecule has 32 heavy (non-hydrogen) atoms. The number of piperazine rings is 1. The van der Waals surface area contributed by atoms with E-state index in [0.717, 1.165) is 37.4 Å². The van der Waals surface area contributed by atoms with Crippen LogP contribution < -0.4 is 25.6 Å². The molecule has 2 aromatic carbocycles. The zero-order valence-electron chi connectivity index (χ0n) is 18.8. The fourth-order valence-corrected chi connectivity index (χ4v) is 3.84. The van der Waals surface area contributed by atoms with Crippen molar-refractivity contribution in [3.8, 4) is 5.75 Å². The standard InChI is InChI=1S/C24H31ClN4O3/c1-16(2)32-22-9-6-18(15-20(22)25)23(30)28-21(24(31)26-3)14-17-4-7-19(8-5-17)29-12-10-27-11-13-29/h4-9,15-16,21,27H,10-14H2,1-3H3,(H,26,31)(H,28,30). The number of benzene rings is 2. The van der Waals surface area contributed by atoms with Gasteiger partial charge in [0.2, 0.25) is 5.91 Å². The first-order valence-electron chi connectivity index (χ1n) is 10.9. The SMILES string of the molecule is CNC(=O)C(Cc1ccc(N2CCNCC2)cc1)NC(=O)c1ccc(OC(C)C)c(Cl)c1. The van der Waals surface area contributed by atoms with Gasteiger partial charge in [-0.05, 0) is 49.7 Å². The average Bonchev–Trinajstić information content (AvgIpc) is 2.80. The number of carbonyl (C=O) groups is 2. The second-order valence-corrected chi connectivity index (χ2v) is 8.47. The van der Waals surface area contributed by atoms with Gasteiger partial charge in [-0.25, -0.2) is 0 Å². The molecule has 1 unspecified atom stereocenters. The predicted octanol–water partition coefficient (Wildman–Crippen LogP) is 2.62. The van der Waals surface area contributed by atoms with Crippen molar-refractivity contribution in [1.82, 2.24) is 16.0 Å². The number of halogens is 1. The van der Waals surface area contributed by atoms with Crippen molar-refractivity contribution in [2.45, 2.75) is 32.4 Å². The molecule has 8 heteroatoms. The third-order valence-corrected chi connectivity index (χ3v) is 5.58. The maximum absolute atomic E-state index is 12.8. The molecular weight excluding hydrogens is 428 g/mol. The number of anilines is 1. The molecule has 2 amide bonds. The summed E-state index contributed by atoms with van der Waals surface area (Å²) in [6, 6.07) is 12.3. The summed E-state index contributed by atoms with van der Waals surface area (Å²) < 4.78 is 5.61. The lowest BCUT2D eigenvalue weighted by Crippen LogP contribution is -2.47. The molecule has 1 aliphatic heterocycles. The number of hydrogen-bond donors (Lipinski definition) is 3. The highest BCUT2D eigenvalue weighted by Crippen LogP contribution is 2.26. The number of nitrogens with zero attached hydrogens (tertiary/aromatic N) is 1. The zero-order valence-corrected chi connectivity index (χ0v) is 19.5. The average molecular weight is 459 g/mol. The van der Waals surface area contributed by atoms with Gasteiger partial charge < -0.3 is 25.6 Å². The molecule has 1 aliphatic rings. The van der Waals surface area contributed by atoms with Crippen LogP contribution >= 0.6 is 11.6 Å². The molecule has 0 aromatic heterocycles. The van der Waals surface area contributed by atoms with Gasteiger partial charge in [-0.2, -0.15) is 0 Å². The summed E-state index contributed by atoms with van der Waals surface area (Å²) in [5.74, 6) is -0.102.